The lowest BCUT2D eigenvalue weighted by molar-refractivity contribution is 0.969. The van der Waals surface area contributed by atoms with Crippen molar-refractivity contribution in [3.8, 4) is 6.07 Å². The second-order valence-corrected chi connectivity index (χ2v) is 2.86. The quantitative estimate of drug-likeness (QED) is 0.754. The van der Waals surface area contributed by atoms with Gasteiger partial charge in [-0.15, -0.1) is 0 Å². The van der Waals surface area contributed by atoms with Crippen molar-refractivity contribution in [2.45, 2.75) is 6.42 Å². The first-order valence-corrected chi connectivity index (χ1v) is 4.04. The summed E-state index contributed by atoms with van der Waals surface area (Å²) >= 11 is 5.88. The first-order valence-electron chi connectivity index (χ1n) is 3.66. The second-order valence-electron chi connectivity index (χ2n) is 2.46. The molecule has 2 N–H and O–H groups in total. The predicted octanol–water partition coefficient (Wildman–Crippen LogP) is 1.71. The summed E-state index contributed by atoms with van der Waals surface area (Å²) in [6, 6.07) is 7.27. The minimum atomic E-state index is 0.575. The van der Waals surface area contributed by atoms with Crippen molar-refractivity contribution in [3.63, 3.8) is 0 Å². The molecule has 1 aromatic carbocycles. The van der Waals surface area contributed by atoms with Crippen molar-refractivity contribution in [2.75, 3.05) is 6.54 Å². The van der Waals surface area contributed by atoms with Gasteiger partial charge in [-0.2, -0.15) is 5.26 Å². The monoisotopic (exact) mass is 180 g/mol. The Kier molecular flexibility index (Phi) is 3.09. The molecule has 0 atom stereocenters. The molecule has 2 nitrogen and oxygen atoms in total. The molecular weight excluding hydrogens is 172 g/mol. The van der Waals surface area contributed by atoms with Gasteiger partial charge in [-0.25, -0.2) is 0 Å². The van der Waals surface area contributed by atoms with Crippen LogP contribution in [0, 0.1) is 11.3 Å². The van der Waals surface area contributed by atoms with E-state index in [1.807, 2.05) is 12.1 Å². The lowest BCUT2D eigenvalue weighted by Gasteiger charge is -2.01. The molecule has 0 unspecified atom stereocenters. The molecule has 12 heavy (non-hydrogen) atoms. The maximum atomic E-state index is 8.55. The fourth-order valence-corrected chi connectivity index (χ4v) is 1.25. The summed E-state index contributed by atoms with van der Waals surface area (Å²) in [4.78, 5) is 0. The van der Waals surface area contributed by atoms with E-state index in [1.54, 1.807) is 12.1 Å². The minimum absolute atomic E-state index is 0.575. The van der Waals surface area contributed by atoms with Crippen LogP contribution in [0.15, 0.2) is 18.2 Å². The van der Waals surface area contributed by atoms with E-state index in [0.717, 1.165) is 12.0 Å². The Morgan fingerprint density at radius 2 is 2.25 bits per heavy atom. The van der Waals surface area contributed by atoms with Gasteiger partial charge in [0.1, 0.15) is 0 Å². The Hall–Kier alpha value is -1.04. The summed E-state index contributed by atoms with van der Waals surface area (Å²) in [5.41, 5.74) is 6.96. The fourth-order valence-electron chi connectivity index (χ4n) is 0.975. The van der Waals surface area contributed by atoms with Gasteiger partial charge in [0.25, 0.3) is 0 Å². The molecule has 0 heterocycles. The molecule has 0 saturated heterocycles. The molecular formula is C9H9ClN2. The fraction of sp³-hybridized carbons (Fsp3) is 0.222. The van der Waals surface area contributed by atoms with Crippen molar-refractivity contribution in [1.29, 1.82) is 5.26 Å². The second kappa shape index (κ2) is 4.10. The smallest absolute Gasteiger partial charge is 0.0992 e. The molecule has 0 saturated carbocycles. The molecule has 0 bridgehead atoms. The van der Waals surface area contributed by atoms with Gasteiger partial charge in [0.05, 0.1) is 11.6 Å². The van der Waals surface area contributed by atoms with E-state index in [2.05, 4.69) is 0 Å². The molecule has 0 aliphatic heterocycles. The first kappa shape index (κ1) is 9.05. The van der Waals surface area contributed by atoms with E-state index < -0.39 is 0 Å². The molecule has 0 spiro atoms. The van der Waals surface area contributed by atoms with Crippen molar-refractivity contribution in [3.05, 3.63) is 34.3 Å². The van der Waals surface area contributed by atoms with Crippen LogP contribution in [-0.2, 0) is 6.42 Å². The van der Waals surface area contributed by atoms with E-state index in [4.69, 9.17) is 22.6 Å². The van der Waals surface area contributed by atoms with E-state index in [9.17, 15) is 0 Å². The highest BCUT2D eigenvalue weighted by Crippen LogP contribution is 2.17. The number of nitrogens with zero attached hydrogens (tertiary/aromatic N) is 1. The SMILES string of the molecule is N#Cc1ccc(CCN)c(Cl)c1. The molecule has 3 heteroatoms. The Labute approximate surface area is 76.6 Å². The zero-order valence-corrected chi connectivity index (χ0v) is 7.30. The summed E-state index contributed by atoms with van der Waals surface area (Å²) in [7, 11) is 0. The zero-order chi connectivity index (χ0) is 8.97. The van der Waals surface area contributed by atoms with Gasteiger partial charge in [-0.1, -0.05) is 17.7 Å². The Morgan fingerprint density at radius 1 is 1.50 bits per heavy atom. The average Bonchev–Trinajstić information content (AvgIpc) is 2.09. The Morgan fingerprint density at radius 3 is 2.75 bits per heavy atom. The van der Waals surface area contributed by atoms with E-state index in [0.29, 0.717) is 17.1 Å². The average molecular weight is 181 g/mol. The number of nitriles is 1. The zero-order valence-electron chi connectivity index (χ0n) is 6.55. The van der Waals surface area contributed by atoms with Gasteiger partial charge >= 0.3 is 0 Å². The molecule has 0 amide bonds. The molecule has 0 fully saturated rings. The summed E-state index contributed by atoms with van der Waals surface area (Å²) < 4.78 is 0. The van der Waals surface area contributed by atoms with Gasteiger partial charge in [0, 0.05) is 5.02 Å². The van der Waals surface area contributed by atoms with Crippen LogP contribution in [-0.4, -0.2) is 6.54 Å². The highest BCUT2D eigenvalue weighted by molar-refractivity contribution is 6.31. The first-order chi connectivity index (χ1) is 5.77. The van der Waals surface area contributed by atoms with Crippen molar-refractivity contribution >= 4 is 11.6 Å². The van der Waals surface area contributed by atoms with Crippen LogP contribution in [0.4, 0.5) is 0 Å². The van der Waals surface area contributed by atoms with E-state index >= 15 is 0 Å². The Balaban J connectivity index is 2.97. The summed E-state index contributed by atoms with van der Waals surface area (Å²) in [6.45, 7) is 0.575. The minimum Gasteiger partial charge on any atom is -0.330 e. The van der Waals surface area contributed by atoms with Crippen LogP contribution in [0.2, 0.25) is 5.02 Å². The number of halogens is 1. The number of benzene rings is 1. The number of rotatable bonds is 2. The molecule has 0 aliphatic carbocycles. The van der Waals surface area contributed by atoms with Gasteiger partial charge in [0.2, 0.25) is 0 Å². The number of hydrogen-bond acceptors (Lipinski definition) is 2. The van der Waals surface area contributed by atoms with Gasteiger partial charge < -0.3 is 5.73 Å². The summed E-state index contributed by atoms with van der Waals surface area (Å²) in [6.07, 6.45) is 0.755. The normalized spacial score (nSPS) is 9.42. The van der Waals surface area contributed by atoms with E-state index in [-0.39, 0.29) is 0 Å². The van der Waals surface area contributed by atoms with Crippen molar-refractivity contribution in [2.24, 2.45) is 5.73 Å². The maximum Gasteiger partial charge on any atom is 0.0992 e. The lowest BCUT2D eigenvalue weighted by atomic mass is 10.1. The summed E-state index contributed by atoms with van der Waals surface area (Å²) in [5.74, 6) is 0. The third-order valence-electron chi connectivity index (χ3n) is 1.60. The molecule has 0 aliphatic rings. The molecule has 0 aromatic heterocycles. The van der Waals surface area contributed by atoms with Gasteiger partial charge in [-0.05, 0) is 30.7 Å². The van der Waals surface area contributed by atoms with Crippen molar-refractivity contribution < 1.29 is 0 Å². The topological polar surface area (TPSA) is 49.8 Å². The molecule has 1 rings (SSSR count). The van der Waals surface area contributed by atoms with Crippen LogP contribution in [0.5, 0.6) is 0 Å². The predicted molar refractivity (Wildman–Crippen MR) is 48.9 cm³/mol. The van der Waals surface area contributed by atoms with E-state index in [1.165, 1.54) is 0 Å². The molecule has 0 radical (unpaired) electrons. The molecule has 1 aromatic rings. The third-order valence-corrected chi connectivity index (χ3v) is 1.95. The van der Waals surface area contributed by atoms with Gasteiger partial charge in [-0.3, -0.25) is 0 Å². The van der Waals surface area contributed by atoms with Crippen LogP contribution in [0.1, 0.15) is 11.1 Å². The highest BCUT2D eigenvalue weighted by atomic mass is 35.5. The lowest BCUT2D eigenvalue weighted by Crippen LogP contribution is -2.03. The number of hydrogen-bond donors (Lipinski definition) is 1. The molecule has 62 valence electrons. The van der Waals surface area contributed by atoms with Crippen LogP contribution in [0.3, 0.4) is 0 Å². The standard InChI is InChI=1S/C9H9ClN2/c10-9-5-7(6-12)1-2-8(9)3-4-11/h1-2,5H,3-4,11H2. The number of nitrogens with two attached hydrogens (primary N) is 1. The largest absolute Gasteiger partial charge is 0.330 e. The third kappa shape index (κ3) is 1.97. The maximum absolute atomic E-state index is 8.55. The Bertz CT molecular complexity index is 315. The van der Waals surface area contributed by atoms with Gasteiger partial charge in [0.15, 0.2) is 0 Å². The van der Waals surface area contributed by atoms with Crippen LogP contribution in [0.25, 0.3) is 0 Å². The highest BCUT2D eigenvalue weighted by Gasteiger charge is 1.99. The van der Waals surface area contributed by atoms with Crippen LogP contribution >= 0.6 is 11.6 Å². The summed E-state index contributed by atoms with van der Waals surface area (Å²) in [5, 5.41) is 9.17. The van der Waals surface area contributed by atoms with Crippen LogP contribution < -0.4 is 5.73 Å². The van der Waals surface area contributed by atoms with Crippen molar-refractivity contribution in [1.82, 2.24) is 0 Å².